The van der Waals surface area contributed by atoms with Crippen molar-refractivity contribution in [1.82, 2.24) is 19.9 Å². The van der Waals surface area contributed by atoms with Crippen LogP contribution in [-0.2, 0) is 19.3 Å². The van der Waals surface area contributed by atoms with Crippen molar-refractivity contribution in [2.75, 3.05) is 18.0 Å². The molecule has 8 heteroatoms. The van der Waals surface area contributed by atoms with Crippen LogP contribution < -0.4 is 10.2 Å². The number of imidazole rings is 1. The number of furan rings is 1. The molecule has 0 aliphatic heterocycles. The van der Waals surface area contributed by atoms with Gasteiger partial charge in [-0.3, -0.25) is 4.79 Å². The van der Waals surface area contributed by atoms with Gasteiger partial charge in [0.25, 0.3) is 5.91 Å². The minimum Gasteiger partial charge on any atom is -0.455 e. The fraction of sp³-hybridized carbons (Fsp3) is 0.350. The van der Waals surface area contributed by atoms with E-state index in [1.54, 1.807) is 30.2 Å². The van der Waals surface area contributed by atoms with Crippen LogP contribution in [-0.4, -0.2) is 33.5 Å². The molecule has 0 aliphatic carbocycles. The molecule has 0 fully saturated rings. The van der Waals surface area contributed by atoms with Gasteiger partial charge in [-0.15, -0.1) is 0 Å². The van der Waals surface area contributed by atoms with E-state index >= 15 is 0 Å². The minimum atomic E-state index is -0.235. The molecule has 0 saturated carbocycles. The molecule has 0 spiro atoms. The van der Waals surface area contributed by atoms with Gasteiger partial charge in [0.05, 0.1) is 5.75 Å². The van der Waals surface area contributed by atoms with Crippen molar-refractivity contribution in [3.63, 3.8) is 0 Å². The van der Waals surface area contributed by atoms with Crippen molar-refractivity contribution in [2.45, 2.75) is 31.3 Å². The van der Waals surface area contributed by atoms with E-state index in [4.69, 9.17) is 4.42 Å². The Morgan fingerprint density at radius 2 is 2.04 bits per heavy atom. The summed E-state index contributed by atoms with van der Waals surface area (Å²) < 4.78 is 7.60. The molecule has 0 atom stereocenters. The molecule has 0 aromatic carbocycles. The molecule has 3 heterocycles. The van der Waals surface area contributed by atoms with Gasteiger partial charge in [0, 0.05) is 45.3 Å². The van der Waals surface area contributed by atoms with Crippen LogP contribution in [0.2, 0.25) is 0 Å². The topological polar surface area (TPSA) is 76.2 Å². The van der Waals surface area contributed by atoms with Crippen molar-refractivity contribution in [2.24, 2.45) is 7.05 Å². The predicted molar refractivity (Wildman–Crippen MR) is 110 cm³/mol. The number of thioether (sulfide) groups is 1. The third-order valence-corrected chi connectivity index (χ3v) is 5.44. The lowest BCUT2D eigenvalue weighted by Crippen LogP contribution is -2.24. The second-order valence-electron chi connectivity index (χ2n) is 6.25. The monoisotopic (exact) mass is 399 g/mol. The molecule has 3 rings (SSSR count). The van der Waals surface area contributed by atoms with Gasteiger partial charge in [-0.2, -0.15) is 0 Å². The molecule has 0 saturated heterocycles. The Hall–Kier alpha value is -2.74. The number of rotatable bonds is 9. The number of nitrogens with zero attached hydrogens (tertiary/aromatic N) is 4. The third kappa shape index (κ3) is 4.95. The highest BCUT2D eigenvalue weighted by molar-refractivity contribution is 7.98. The summed E-state index contributed by atoms with van der Waals surface area (Å²) in [5, 5.41) is 3.78. The van der Waals surface area contributed by atoms with Crippen molar-refractivity contribution < 1.29 is 9.21 Å². The average molecular weight is 400 g/mol. The van der Waals surface area contributed by atoms with Crippen LogP contribution in [0.5, 0.6) is 0 Å². The van der Waals surface area contributed by atoms with Gasteiger partial charge in [-0.25, -0.2) is 9.97 Å². The maximum absolute atomic E-state index is 12.3. The summed E-state index contributed by atoms with van der Waals surface area (Å²) in [5.74, 6) is 2.38. The largest absolute Gasteiger partial charge is 0.455 e. The fourth-order valence-corrected chi connectivity index (χ4v) is 3.56. The van der Waals surface area contributed by atoms with E-state index in [2.05, 4.69) is 34.0 Å². The van der Waals surface area contributed by atoms with E-state index in [0.29, 0.717) is 18.1 Å². The zero-order valence-electron chi connectivity index (χ0n) is 16.4. The van der Waals surface area contributed by atoms with Crippen molar-refractivity contribution in [1.29, 1.82) is 0 Å². The lowest BCUT2D eigenvalue weighted by Gasteiger charge is -2.19. The maximum atomic E-state index is 12.3. The molecule has 7 nitrogen and oxygen atoms in total. The van der Waals surface area contributed by atoms with E-state index in [1.165, 1.54) is 0 Å². The van der Waals surface area contributed by atoms with Crippen molar-refractivity contribution >= 4 is 23.5 Å². The molecule has 148 valence electrons. The quantitative estimate of drug-likeness (QED) is 0.555. The molecular formula is C20H25N5O2S. The summed E-state index contributed by atoms with van der Waals surface area (Å²) in [6.45, 7) is 6.44. The van der Waals surface area contributed by atoms with Crippen molar-refractivity contribution in [3.05, 3.63) is 59.9 Å². The SMILES string of the molecule is CCN(CC)c1ccc(CNC(=O)c2ccc(CSc3nccn3C)o2)cn1. The molecular weight excluding hydrogens is 374 g/mol. The highest BCUT2D eigenvalue weighted by Gasteiger charge is 2.12. The standard InChI is InChI=1S/C20H25N5O2S/c1-4-25(5-2)18-9-6-15(12-22-18)13-23-19(26)17-8-7-16(27-17)14-28-20-21-10-11-24(20)3/h6-12H,4-5,13-14H2,1-3H3,(H,23,26). The highest BCUT2D eigenvalue weighted by Crippen LogP contribution is 2.22. The molecule has 1 N–H and O–H groups in total. The van der Waals surface area contributed by atoms with Crippen LogP contribution in [0.25, 0.3) is 0 Å². The predicted octanol–water partition coefficient (Wildman–Crippen LogP) is 3.48. The second kappa shape index (κ2) is 9.45. The van der Waals surface area contributed by atoms with E-state index < -0.39 is 0 Å². The number of nitrogens with one attached hydrogen (secondary N) is 1. The number of hydrogen-bond acceptors (Lipinski definition) is 6. The smallest absolute Gasteiger partial charge is 0.287 e. The average Bonchev–Trinajstić information content (AvgIpc) is 3.35. The van der Waals surface area contributed by atoms with Crippen molar-refractivity contribution in [3.8, 4) is 0 Å². The lowest BCUT2D eigenvalue weighted by molar-refractivity contribution is 0.0921. The molecule has 0 unspecified atom stereocenters. The molecule has 28 heavy (non-hydrogen) atoms. The molecule has 1 amide bonds. The van der Waals surface area contributed by atoms with Gasteiger partial charge in [0.2, 0.25) is 0 Å². The number of anilines is 1. The fourth-order valence-electron chi connectivity index (χ4n) is 2.73. The number of aromatic nitrogens is 3. The van der Waals surface area contributed by atoms with E-state index in [0.717, 1.165) is 35.4 Å². The van der Waals surface area contributed by atoms with Gasteiger partial charge in [0.1, 0.15) is 11.6 Å². The van der Waals surface area contributed by atoms with Crippen LogP contribution >= 0.6 is 11.8 Å². The number of amides is 1. The van der Waals surface area contributed by atoms with Gasteiger partial charge in [-0.05, 0) is 37.6 Å². The second-order valence-corrected chi connectivity index (χ2v) is 7.20. The summed E-state index contributed by atoms with van der Waals surface area (Å²) in [7, 11) is 1.94. The van der Waals surface area contributed by atoms with Gasteiger partial charge < -0.3 is 19.2 Å². The van der Waals surface area contributed by atoms with Crippen LogP contribution in [0.15, 0.2) is 52.4 Å². The summed E-state index contributed by atoms with van der Waals surface area (Å²) in [5.41, 5.74) is 0.946. The highest BCUT2D eigenvalue weighted by atomic mass is 32.2. The van der Waals surface area contributed by atoms with Crippen LogP contribution in [0.4, 0.5) is 5.82 Å². The third-order valence-electron chi connectivity index (χ3n) is 4.36. The molecule has 0 radical (unpaired) electrons. The van der Waals surface area contributed by atoms with Crippen LogP contribution in [0.3, 0.4) is 0 Å². The number of carbonyl (C=O) groups excluding carboxylic acids is 1. The first kappa shape index (κ1) is 20.0. The molecule has 0 bridgehead atoms. The molecule has 3 aromatic rings. The van der Waals surface area contributed by atoms with Crippen LogP contribution in [0, 0.1) is 0 Å². The minimum absolute atomic E-state index is 0.235. The summed E-state index contributed by atoms with van der Waals surface area (Å²) >= 11 is 1.56. The van der Waals surface area contributed by atoms with Crippen LogP contribution in [0.1, 0.15) is 35.7 Å². The first-order valence-corrected chi connectivity index (χ1v) is 10.3. The first-order valence-electron chi connectivity index (χ1n) is 9.27. The molecule has 0 aliphatic rings. The number of carbonyl (C=O) groups is 1. The number of pyridine rings is 1. The number of hydrogen-bond donors (Lipinski definition) is 1. The first-order chi connectivity index (χ1) is 13.6. The summed E-state index contributed by atoms with van der Waals surface area (Å²) in [4.78, 5) is 23.2. The zero-order chi connectivity index (χ0) is 19.9. The Balaban J connectivity index is 1.51. The van der Waals surface area contributed by atoms with E-state index in [-0.39, 0.29) is 5.91 Å². The van der Waals surface area contributed by atoms with Gasteiger partial charge >= 0.3 is 0 Å². The molecule has 3 aromatic heterocycles. The maximum Gasteiger partial charge on any atom is 0.287 e. The Kier molecular flexibility index (Phi) is 6.76. The number of aryl methyl sites for hydroxylation is 1. The summed E-state index contributed by atoms with van der Waals surface area (Å²) in [6, 6.07) is 7.49. The zero-order valence-corrected chi connectivity index (χ0v) is 17.2. The Morgan fingerprint density at radius 1 is 1.21 bits per heavy atom. The summed E-state index contributed by atoms with van der Waals surface area (Å²) in [6.07, 6.45) is 5.45. The Labute approximate surface area is 169 Å². The Bertz CT molecular complexity index is 899. The van der Waals surface area contributed by atoms with Gasteiger partial charge in [-0.1, -0.05) is 17.8 Å². The lowest BCUT2D eigenvalue weighted by atomic mass is 10.2. The van der Waals surface area contributed by atoms with Gasteiger partial charge in [0.15, 0.2) is 10.9 Å². The van der Waals surface area contributed by atoms with E-state index in [9.17, 15) is 4.79 Å². The van der Waals surface area contributed by atoms with E-state index in [1.807, 2.05) is 36.0 Å². The Morgan fingerprint density at radius 3 is 2.68 bits per heavy atom. The normalized spacial score (nSPS) is 10.8.